The molecule has 4 aromatic rings. The number of thiophene rings is 1. The molecule has 0 aliphatic rings. The normalized spacial score (nSPS) is 11.2. The number of aromatic nitrogens is 2. The van der Waals surface area contributed by atoms with E-state index >= 15 is 0 Å². The van der Waals surface area contributed by atoms with Gasteiger partial charge in [0, 0.05) is 22.6 Å². The van der Waals surface area contributed by atoms with Gasteiger partial charge < -0.3 is 9.40 Å². The molecular weight excluding hydrogens is 390 g/mol. The number of aryl methyl sites for hydroxylation is 2. The molecule has 27 heavy (non-hydrogen) atoms. The van der Waals surface area contributed by atoms with E-state index in [-0.39, 0.29) is 11.2 Å². The number of halogens is 1. The number of non-ortho nitro benzene ring substituents is 1. The van der Waals surface area contributed by atoms with Gasteiger partial charge in [-0.25, -0.2) is 4.98 Å². The SMILES string of the molecule is Cc1sc2nc(-c3ccc(-c4cc([N+](=O)[O-])ccc4Cl)o3)[nH]c(=O)c2c1C. The van der Waals surface area contributed by atoms with E-state index in [0.717, 1.165) is 10.4 Å². The fraction of sp³-hybridized carbons (Fsp3) is 0.111. The van der Waals surface area contributed by atoms with Gasteiger partial charge in [-0.05, 0) is 37.6 Å². The lowest BCUT2D eigenvalue weighted by Gasteiger charge is -2.01. The molecule has 136 valence electrons. The van der Waals surface area contributed by atoms with Gasteiger partial charge in [0.1, 0.15) is 10.6 Å². The van der Waals surface area contributed by atoms with Crippen LogP contribution < -0.4 is 5.56 Å². The van der Waals surface area contributed by atoms with Crippen molar-refractivity contribution in [1.29, 1.82) is 0 Å². The lowest BCUT2D eigenvalue weighted by Crippen LogP contribution is -2.08. The van der Waals surface area contributed by atoms with Crippen molar-refractivity contribution in [3.05, 3.63) is 66.3 Å². The Morgan fingerprint density at radius 3 is 2.70 bits per heavy atom. The van der Waals surface area contributed by atoms with Gasteiger partial charge in [-0.1, -0.05) is 11.6 Å². The van der Waals surface area contributed by atoms with Crippen LogP contribution >= 0.6 is 22.9 Å². The van der Waals surface area contributed by atoms with E-state index in [1.54, 1.807) is 12.1 Å². The third kappa shape index (κ3) is 2.92. The highest BCUT2D eigenvalue weighted by atomic mass is 35.5. The predicted molar refractivity (Wildman–Crippen MR) is 105 cm³/mol. The van der Waals surface area contributed by atoms with E-state index in [2.05, 4.69) is 9.97 Å². The molecule has 1 N–H and O–H groups in total. The molecule has 4 rings (SSSR count). The summed E-state index contributed by atoms with van der Waals surface area (Å²) in [5.74, 6) is 0.983. The second-order valence-corrected chi connectivity index (χ2v) is 7.57. The number of hydrogen-bond acceptors (Lipinski definition) is 6. The molecular formula is C18H12ClN3O4S. The first-order chi connectivity index (χ1) is 12.8. The maximum atomic E-state index is 12.4. The van der Waals surface area contributed by atoms with E-state index in [9.17, 15) is 14.9 Å². The van der Waals surface area contributed by atoms with Crippen molar-refractivity contribution in [2.45, 2.75) is 13.8 Å². The molecule has 0 radical (unpaired) electrons. The lowest BCUT2D eigenvalue weighted by molar-refractivity contribution is -0.384. The molecule has 0 bridgehead atoms. The minimum Gasteiger partial charge on any atom is -0.453 e. The third-order valence-electron chi connectivity index (χ3n) is 4.30. The van der Waals surface area contributed by atoms with Crippen molar-refractivity contribution in [1.82, 2.24) is 9.97 Å². The molecule has 7 nitrogen and oxygen atoms in total. The molecule has 9 heteroatoms. The molecule has 0 atom stereocenters. The zero-order valence-corrected chi connectivity index (χ0v) is 15.8. The Labute approximate surface area is 161 Å². The monoisotopic (exact) mass is 401 g/mol. The average Bonchev–Trinajstić information content (AvgIpc) is 3.21. The maximum Gasteiger partial charge on any atom is 0.270 e. The highest BCUT2D eigenvalue weighted by molar-refractivity contribution is 7.18. The van der Waals surface area contributed by atoms with Gasteiger partial charge in [-0.2, -0.15) is 0 Å². The lowest BCUT2D eigenvalue weighted by atomic mass is 10.1. The second-order valence-electron chi connectivity index (χ2n) is 5.96. The summed E-state index contributed by atoms with van der Waals surface area (Å²) in [6, 6.07) is 7.39. The van der Waals surface area contributed by atoms with Gasteiger partial charge >= 0.3 is 0 Å². The van der Waals surface area contributed by atoms with Crippen LogP contribution in [0.1, 0.15) is 10.4 Å². The molecule has 0 spiro atoms. The highest BCUT2D eigenvalue weighted by Crippen LogP contribution is 2.35. The number of furan rings is 1. The van der Waals surface area contributed by atoms with Gasteiger partial charge in [0.15, 0.2) is 11.6 Å². The summed E-state index contributed by atoms with van der Waals surface area (Å²) in [4.78, 5) is 31.8. The average molecular weight is 402 g/mol. The van der Waals surface area contributed by atoms with E-state index in [0.29, 0.717) is 38.1 Å². The molecule has 0 aliphatic carbocycles. The number of rotatable bonds is 3. The minimum absolute atomic E-state index is 0.0927. The van der Waals surface area contributed by atoms with Gasteiger partial charge in [0.25, 0.3) is 11.2 Å². The molecule has 3 heterocycles. The van der Waals surface area contributed by atoms with Crippen LogP contribution in [-0.4, -0.2) is 14.9 Å². The Bertz CT molecular complexity index is 1270. The largest absolute Gasteiger partial charge is 0.453 e. The van der Waals surface area contributed by atoms with Crippen molar-refractivity contribution < 1.29 is 9.34 Å². The number of aromatic amines is 1. The van der Waals surface area contributed by atoms with Crippen LogP contribution in [0, 0.1) is 24.0 Å². The second kappa shape index (κ2) is 6.33. The Hall–Kier alpha value is -2.97. The van der Waals surface area contributed by atoms with E-state index in [4.69, 9.17) is 16.0 Å². The van der Waals surface area contributed by atoms with E-state index < -0.39 is 4.92 Å². The first kappa shape index (κ1) is 17.4. The zero-order chi connectivity index (χ0) is 19.3. The molecule has 3 aromatic heterocycles. The Kier molecular flexibility index (Phi) is 4.09. The Morgan fingerprint density at radius 1 is 1.22 bits per heavy atom. The molecule has 0 aliphatic heterocycles. The summed E-state index contributed by atoms with van der Waals surface area (Å²) in [6.45, 7) is 3.83. The molecule has 0 saturated carbocycles. The topological polar surface area (TPSA) is 102 Å². The van der Waals surface area contributed by atoms with Crippen molar-refractivity contribution in [3.8, 4) is 22.9 Å². The molecule has 0 unspecified atom stereocenters. The van der Waals surface area contributed by atoms with Gasteiger partial charge in [0.05, 0.1) is 15.3 Å². The first-order valence-corrected chi connectivity index (χ1v) is 9.09. The van der Waals surface area contributed by atoms with Crippen LogP contribution in [-0.2, 0) is 0 Å². The summed E-state index contributed by atoms with van der Waals surface area (Å²) in [5.41, 5.74) is 0.982. The van der Waals surface area contributed by atoms with E-state index in [1.165, 1.54) is 29.5 Å². The smallest absolute Gasteiger partial charge is 0.270 e. The maximum absolute atomic E-state index is 12.4. The van der Waals surface area contributed by atoms with Gasteiger partial charge in [-0.3, -0.25) is 14.9 Å². The summed E-state index contributed by atoms with van der Waals surface area (Å²) in [7, 11) is 0. The van der Waals surface area contributed by atoms with E-state index in [1.807, 2.05) is 13.8 Å². The summed E-state index contributed by atoms with van der Waals surface area (Å²) in [5, 5.41) is 11.9. The molecule has 0 fully saturated rings. The van der Waals surface area contributed by atoms with Crippen LogP contribution in [0.3, 0.4) is 0 Å². The fourth-order valence-corrected chi connectivity index (χ4v) is 4.04. The number of benzene rings is 1. The van der Waals surface area contributed by atoms with Crippen LogP contribution in [0.15, 0.2) is 39.5 Å². The fourth-order valence-electron chi connectivity index (χ4n) is 2.80. The standard InChI is InChI=1S/C18H12ClN3O4S/c1-8-9(2)27-18-15(8)17(23)20-16(21-18)14-6-5-13(26-14)11-7-10(22(24)25)3-4-12(11)19/h3-7H,1-2H3,(H,20,21,23). The number of nitro benzene ring substituents is 1. The van der Waals surface area contributed by atoms with Crippen molar-refractivity contribution >= 4 is 38.8 Å². The van der Waals surface area contributed by atoms with Crippen LogP contribution in [0.25, 0.3) is 33.1 Å². The highest BCUT2D eigenvalue weighted by Gasteiger charge is 2.17. The van der Waals surface area contributed by atoms with Crippen molar-refractivity contribution in [2.24, 2.45) is 0 Å². The van der Waals surface area contributed by atoms with Crippen LogP contribution in [0.4, 0.5) is 5.69 Å². The van der Waals surface area contributed by atoms with Crippen molar-refractivity contribution in [3.63, 3.8) is 0 Å². The number of H-pyrrole nitrogens is 1. The Morgan fingerprint density at radius 2 is 1.96 bits per heavy atom. The first-order valence-electron chi connectivity index (χ1n) is 7.89. The number of nitrogens with zero attached hydrogens (tertiary/aromatic N) is 2. The van der Waals surface area contributed by atoms with Crippen LogP contribution in [0.2, 0.25) is 5.02 Å². The zero-order valence-electron chi connectivity index (χ0n) is 14.2. The number of hydrogen-bond donors (Lipinski definition) is 1. The predicted octanol–water partition coefficient (Wildman–Crippen LogP) is 5.09. The van der Waals surface area contributed by atoms with Gasteiger partial charge in [-0.15, -0.1) is 11.3 Å². The summed E-state index contributed by atoms with van der Waals surface area (Å²) < 4.78 is 5.78. The molecule has 0 saturated heterocycles. The number of nitrogens with one attached hydrogen (secondary N) is 1. The third-order valence-corrected chi connectivity index (χ3v) is 5.74. The van der Waals surface area contributed by atoms with Crippen molar-refractivity contribution in [2.75, 3.05) is 0 Å². The molecule has 0 amide bonds. The quantitative estimate of drug-likeness (QED) is 0.380. The minimum atomic E-state index is -0.502. The molecule has 1 aromatic carbocycles. The summed E-state index contributed by atoms with van der Waals surface area (Å²) in [6.07, 6.45) is 0. The summed E-state index contributed by atoms with van der Waals surface area (Å²) >= 11 is 7.60. The number of fused-ring (bicyclic) bond motifs is 1. The Balaban J connectivity index is 1.82. The van der Waals surface area contributed by atoms with Gasteiger partial charge in [0.2, 0.25) is 0 Å². The van der Waals surface area contributed by atoms with Crippen LogP contribution in [0.5, 0.6) is 0 Å². The number of nitro groups is 1.